The van der Waals surface area contributed by atoms with Crippen LogP contribution in [-0.2, 0) is 41.8 Å². The molecule has 1 unspecified atom stereocenters. The Balaban J connectivity index is 4.79. The van der Waals surface area contributed by atoms with Crippen molar-refractivity contribution in [2.75, 3.05) is 26.4 Å². The SMILES string of the molecule is CCCCC/C=C\C[C@H](O)/C=C/C=C/C=C\[C@H](O)CCCC(=O)O[C@H](COC(=O)CCCCCCC/C=C\CCCCCCCC)COP(=O)(O)OC[C@@H](O)COP(=O)(O)O. The third-order valence-corrected chi connectivity index (χ3v) is 10.5. The lowest BCUT2D eigenvalue weighted by atomic mass is 10.1. The zero-order valence-electron chi connectivity index (χ0n) is 36.7. The van der Waals surface area contributed by atoms with Crippen molar-refractivity contribution in [3.05, 3.63) is 60.8 Å². The molecule has 0 bridgehead atoms. The number of aliphatic hydroxyl groups excluding tert-OH is 3. The Labute approximate surface area is 365 Å². The minimum Gasteiger partial charge on any atom is -0.462 e. The number of unbranched alkanes of at least 4 members (excludes halogenated alkanes) is 14. The summed E-state index contributed by atoms with van der Waals surface area (Å²) < 4.78 is 47.6. The van der Waals surface area contributed by atoms with E-state index in [1.54, 1.807) is 36.5 Å². The van der Waals surface area contributed by atoms with Crippen LogP contribution in [0.25, 0.3) is 0 Å². The lowest BCUT2D eigenvalue weighted by molar-refractivity contribution is -0.161. The highest BCUT2D eigenvalue weighted by Crippen LogP contribution is 2.43. The molecular formula is C44H78O15P2. The first-order valence-corrected chi connectivity index (χ1v) is 25.2. The molecule has 0 radical (unpaired) electrons. The average molecular weight is 909 g/mol. The molecule has 0 aromatic heterocycles. The van der Waals surface area contributed by atoms with Crippen molar-refractivity contribution in [2.24, 2.45) is 0 Å². The van der Waals surface area contributed by atoms with E-state index in [0.29, 0.717) is 12.8 Å². The molecule has 0 aliphatic rings. The third kappa shape index (κ3) is 42.8. The van der Waals surface area contributed by atoms with Crippen molar-refractivity contribution in [1.29, 1.82) is 0 Å². The largest absolute Gasteiger partial charge is 0.472 e. The number of carbonyl (C=O) groups is 2. The number of carbonyl (C=O) groups excluding carboxylic acids is 2. The van der Waals surface area contributed by atoms with Crippen LogP contribution < -0.4 is 0 Å². The van der Waals surface area contributed by atoms with Gasteiger partial charge in [-0.2, -0.15) is 0 Å². The molecule has 0 amide bonds. The van der Waals surface area contributed by atoms with Gasteiger partial charge in [-0.15, -0.1) is 0 Å². The lowest BCUT2D eigenvalue weighted by Crippen LogP contribution is -2.30. The molecule has 0 aliphatic carbocycles. The molecule has 0 fully saturated rings. The summed E-state index contributed by atoms with van der Waals surface area (Å²) in [5.74, 6) is -1.28. The quantitative estimate of drug-likeness (QED) is 0.0110. The Hall–Kier alpha value is -2.26. The molecule has 0 saturated heterocycles. The van der Waals surface area contributed by atoms with E-state index in [1.165, 1.54) is 51.4 Å². The molecule has 0 rings (SSSR count). The van der Waals surface area contributed by atoms with Crippen molar-refractivity contribution in [3.8, 4) is 0 Å². The van der Waals surface area contributed by atoms with Gasteiger partial charge in [0.1, 0.15) is 12.7 Å². The van der Waals surface area contributed by atoms with Crippen LogP contribution in [0.5, 0.6) is 0 Å². The van der Waals surface area contributed by atoms with Gasteiger partial charge in [0.2, 0.25) is 0 Å². The van der Waals surface area contributed by atoms with Gasteiger partial charge in [-0.25, -0.2) is 9.13 Å². The van der Waals surface area contributed by atoms with Gasteiger partial charge >= 0.3 is 27.6 Å². The normalized spacial score (nSPS) is 15.6. The maximum Gasteiger partial charge on any atom is 0.472 e. The first-order chi connectivity index (χ1) is 29.2. The van der Waals surface area contributed by atoms with Gasteiger partial charge in [0, 0.05) is 12.8 Å². The highest BCUT2D eigenvalue weighted by Gasteiger charge is 2.28. The molecule has 354 valence electrons. The predicted octanol–water partition coefficient (Wildman–Crippen LogP) is 9.17. The van der Waals surface area contributed by atoms with Gasteiger partial charge in [-0.3, -0.25) is 23.2 Å². The summed E-state index contributed by atoms with van der Waals surface area (Å²) in [6.07, 6.45) is 34.1. The van der Waals surface area contributed by atoms with E-state index in [1.807, 2.05) is 6.08 Å². The van der Waals surface area contributed by atoms with Gasteiger partial charge in [-0.05, 0) is 64.2 Å². The Kier molecular flexibility index (Phi) is 37.9. The van der Waals surface area contributed by atoms with Gasteiger partial charge < -0.3 is 39.5 Å². The zero-order valence-corrected chi connectivity index (χ0v) is 38.5. The minimum absolute atomic E-state index is 0.131. The van der Waals surface area contributed by atoms with Gasteiger partial charge in [0.05, 0.1) is 32.0 Å². The molecule has 0 heterocycles. The van der Waals surface area contributed by atoms with E-state index < -0.39 is 78.4 Å². The van der Waals surface area contributed by atoms with E-state index in [0.717, 1.165) is 51.4 Å². The molecular weight excluding hydrogens is 830 g/mol. The highest BCUT2D eigenvalue weighted by atomic mass is 31.2. The Bertz CT molecular complexity index is 1340. The topological polar surface area (TPSA) is 236 Å². The smallest absolute Gasteiger partial charge is 0.462 e. The summed E-state index contributed by atoms with van der Waals surface area (Å²) in [4.78, 5) is 52.7. The fourth-order valence-electron chi connectivity index (χ4n) is 5.59. The maximum absolute atomic E-state index is 12.7. The summed E-state index contributed by atoms with van der Waals surface area (Å²) in [6.45, 7) is 1.40. The number of allylic oxidation sites excluding steroid dienone is 7. The summed E-state index contributed by atoms with van der Waals surface area (Å²) in [7, 11) is -9.78. The molecule has 0 aromatic carbocycles. The Morgan fingerprint density at radius 1 is 0.541 bits per heavy atom. The van der Waals surface area contributed by atoms with E-state index in [2.05, 4.69) is 41.1 Å². The fraction of sp³-hybridized carbons (Fsp3) is 0.727. The summed E-state index contributed by atoms with van der Waals surface area (Å²) in [5.41, 5.74) is 0. The summed E-state index contributed by atoms with van der Waals surface area (Å²) in [6, 6.07) is 0. The van der Waals surface area contributed by atoms with Crippen LogP contribution in [0.1, 0.15) is 155 Å². The number of hydrogen-bond donors (Lipinski definition) is 6. The Morgan fingerprint density at radius 3 is 1.66 bits per heavy atom. The number of aliphatic hydroxyl groups is 3. The first-order valence-electron chi connectivity index (χ1n) is 22.2. The predicted molar refractivity (Wildman–Crippen MR) is 237 cm³/mol. The molecule has 61 heavy (non-hydrogen) atoms. The van der Waals surface area contributed by atoms with Crippen molar-refractivity contribution in [3.63, 3.8) is 0 Å². The second-order valence-electron chi connectivity index (χ2n) is 15.0. The number of phosphoric acid groups is 2. The van der Waals surface area contributed by atoms with Crippen LogP contribution in [0.3, 0.4) is 0 Å². The van der Waals surface area contributed by atoms with Crippen LogP contribution in [0, 0.1) is 0 Å². The highest BCUT2D eigenvalue weighted by molar-refractivity contribution is 7.47. The molecule has 5 atom stereocenters. The van der Waals surface area contributed by atoms with Crippen molar-refractivity contribution >= 4 is 27.6 Å². The van der Waals surface area contributed by atoms with E-state index in [-0.39, 0.29) is 25.7 Å². The number of hydrogen-bond acceptors (Lipinski definition) is 12. The van der Waals surface area contributed by atoms with Crippen LogP contribution in [0.2, 0.25) is 0 Å². The summed E-state index contributed by atoms with van der Waals surface area (Å²) >= 11 is 0. The monoisotopic (exact) mass is 908 g/mol. The molecule has 15 nitrogen and oxygen atoms in total. The minimum atomic E-state index is -4.90. The standard InChI is InChI=1S/C44H78O15P2/c1-3-5-7-9-11-12-13-14-15-16-17-18-19-21-27-33-43(48)55-37-42(38-58-61(53,54)57-36-41(47)35-56-60(50,51)52)59-44(49)34-28-32-40(46)31-26-23-22-25-30-39(45)29-24-20-10-8-6-4-2/h14-15,20,22-26,30-31,39-42,45-47H,3-13,16-19,21,27-29,32-38H2,1-2H3,(H,53,54)(H2,50,51,52)/b15-14-,23-22+,24-20-,30-25+,31-26-/t39-,40-,41-,42+/m0/s1. The van der Waals surface area contributed by atoms with Crippen molar-refractivity contribution < 1.29 is 71.8 Å². The number of ether oxygens (including phenoxy) is 2. The summed E-state index contributed by atoms with van der Waals surface area (Å²) in [5, 5.41) is 30.1. The molecule has 0 saturated carbocycles. The van der Waals surface area contributed by atoms with E-state index in [9.17, 15) is 38.9 Å². The average Bonchev–Trinajstić information content (AvgIpc) is 3.21. The van der Waals surface area contributed by atoms with Crippen molar-refractivity contribution in [1.82, 2.24) is 0 Å². The maximum atomic E-state index is 12.7. The second kappa shape index (κ2) is 39.3. The molecule has 0 aromatic rings. The Morgan fingerprint density at radius 2 is 1.03 bits per heavy atom. The molecule has 17 heteroatoms. The molecule has 6 N–H and O–H groups in total. The van der Waals surface area contributed by atoms with E-state index >= 15 is 0 Å². The second-order valence-corrected chi connectivity index (χ2v) is 17.7. The van der Waals surface area contributed by atoms with E-state index in [4.69, 9.17) is 23.8 Å². The zero-order chi connectivity index (χ0) is 45.5. The van der Waals surface area contributed by atoms with Crippen molar-refractivity contribution in [2.45, 2.75) is 180 Å². The lowest BCUT2D eigenvalue weighted by Gasteiger charge is -2.20. The van der Waals surface area contributed by atoms with Gasteiger partial charge in [-0.1, -0.05) is 139 Å². The van der Waals surface area contributed by atoms with Crippen LogP contribution >= 0.6 is 15.6 Å². The molecule has 0 aliphatic heterocycles. The number of rotatable bonds is 41. The third-order valence-electron chi connectivity index (χ3n) is 9.06. The molecule has 0 spiro atoms. The fourth-order valence-corrected chi connectivity index (χ4v) is 6.75. The van der Waals surface area contributed by atoms with Gasteiger partial charge in [0.15, 0.2) is 6.10 Å². The first kappa shape index (κ1) is 58.7. The number of esters is 2. The van der Waals surface area contributed by atoms with Crippen LogP contribution in [0.15, 0.2) is 60.8 Å². The van der Waals surface area contributed by atoms with Gasteiger partial charge in [0.25, 0.3) is 0 Å². The number of phosphoric ester groups is 2. The van der Waals surface area contributed by atoms with Crippen LogP contribution in [-0.4, -0.2) is 92.8 Å². The van der Waals surface area contributed by atoms with Crippen LogP contribution in [0.4, 0.5) is 0 Å².